The third-order valence-corrected chi connectivity index (χ3v) is 17.3. The molecule has 14 aromatic rings. The first-order valence-corrected chi connectivity index (χ1v) is 31.7. The molecule has 14 rings (SSSR count). The molecule has 4 heterocycles. The summed E-state index contributed by atoms with van der Waals surface area (Å²) >= 11 is 51.0. The van der Waals surface area contributed by atoms with Gasteiger partial charge in [-0.15, -0.1) is 24.3 Å². The van der Waals surface area contributed by atoms with Gasteiger partial charge in [0.1, 0.15) is 0 Å². The summed E-state index contributed by atoms with van der Waals surface area (Å²) in [4.78, 5) is 9.15. The molecule has 0 atom stereocenters. The van der Waals surface area contributed by atoms with E-state index in [1.54, 1.807) is 36.4 Å². The van der Waals surface area contributed by atoms with Crippen LogP contribution in [0.25, 0.3) is 101 Å². The largest absolute Gasteiger partial charge is 2.00 e. The summed E-state index contributed by atoms with van der Waals surface area (Å²) in [5, 5.41) is 39.5. The minimum Gasteiger partial charge on any atom is -0.505 e. The van der Waals surface area contributed by atoms with Crippen LogP contribution in [0.4, 0.5) is 0 Å². The predicted molar refractivity (Wildman–Crippen MR) is 382 cm³/mol. The van der Waals surface area contributed by atoms with Crippen molar-refractivity contribution in [2.24, 2.45) is 0 Å². The third kappa shape index (κ3) is 14.6. The van der Waals surface area contributed by atoms with Crippen molar-refractivity contribution in [3.63, 3.8) is 0 Å². The Morgan fingerprint density at radius 1 is 0.376 bits per heavy atom. The maximum Gasteiger partial charge on any atom is 2.00 e. The van der Waals surface area contributed by atoms with Crippen molar-refractivity contribution in [3.8, 4) is 68.6 Å². The third-order valence-electron chi connectivity index (χ3n) is 15.1. The van der Waals surface area contributed by atoms with Crippen LogP contribution in [0, 0.1) is 13.8 Å². The van der Waals surface area contributed by atoms with E-state index in [9.17, 15) is 10.2 Å². The molecule has 10 nitrogen and oxygen atoms in total. The minimum atomic E-state index is -0.263. The second kappa shape index (κ2) is 28.3. The van der Waals surface area contributed by atoms with E-state index in [0.29, 0.717) is 73.8 Å². The van der Waals surface area contributed by atoms with Gasteiger partial charge in [0.25, 0.3) is 11.8 Å². The molecule has 466 valence electrons. The maximum atomic E-state index is 11.8. The second-order valence-corrected chi connectivity index (χ2v) is 27.0. The van der Waals surface area contributed by atoms with Gasteiger partial charge < -0.3 is 28.4 Å². The fourth-order valence-corrected chi connectivity index (χ4v) is 12.3. The number of rotatable bonds is 6. The molecule has 0 amide bonds. The van der Waals surface area contributed by atoms with Crippen LogP contribution in [0.1, 0.15) is 63.8 Å². The molecule has 0 aliphatic rings. The van der Waals surface area contributed by atoms with Crippen LogP contribution in [-0.2, 0) is 37.0 Å². The molecule has 0 spiro atoms. The van der Waals surface area contributed by atoms with E-state index in [2.05, 4.69) is 75.7 Å². The molecule has 93 heavy (non-hydrogen) atoms. The van der Waals surface area contributed by atoms with Gasteiger partial charge in [0.15, 0.2) is 11.5 Å². The molecule has 0 aliphatic heterocycles. The van der Waals surface area contributed by atoms with Gasteiger partial charge in [0.05, 0.1) is 75.8 Å². The molecule has 0 unspecified atom stereocenters. The molecule has 0 radical (unpaired) electrons. The molecule has 10 aromatic carbocycles. The molecule has 0 fully saturated rings. The Kier molecular flexibility index (Phi) is 20.8. The fourth-order valence-electron chi connectivity index (χ4n) is 10.5. The number of phenols is 2. The predicted octanol–water partition coefficient (Wildman–Crippen LogP) is 24.0. The zero-order valence-electron chi connectivity index (χ0n) is 50.8. The number of hydrogen-bond donors (Lipinski definition) is 2. The van der Waals surface area contributed by atoms with Gasteiger partial charge >= 0.3 is 26.2 Å². The van der Waals surface area contributed by atoms with E-state index in [0.717, 1.165) is 65.9 Å². The van der Waals surface area contributed by atoms with Crippen molar-refractivity contribution in [1.29, 1.82) is 0 Å². The summed E-state index contributed by atoms with van der Waals surface area (Å²) in [6.45, 7) is 20.0. The fraction of sp³-hybridized carbons (Fsp3) is 0.108. The topological polar surface area (TPSA) is 128 Å². The summed E-state index contributed by atoms with van der Waals surface area (Å²) in [5.41, 5.74) is 9.80. The van der Waals surface area contributed by atoms with Crippen molar-refractivity contribution >= 4 is 136 Å². The van der Waals surface area contributed by atoms with Crippen molar-refractivity contribution < 1.29 is 45.5 Å². The normalized spacial score (nSPS) is 11.4. The number of aromatic hydroxyl groups is 2. The number of benzene rings is 10. The van der Waals surface area contributed by atoms with Gasteiger partial charge in [0.2, 0.25) is 11.6 Å². The SMILES string of the molecule is CC(C)(C)c1cc(-c2noc(-c3c(Cl)cccc3Cl)n2)c(O)c(-n2c3ccc(Cl)cc3c3cc(Cl)ccc32)c1.CC(C)(C)c1cc(-c2noc(-c3c(Cl)cccc3Cl)n2)c(O)c(-n2c3ccc(Cl)cc3c3cc(Cl)ccc32)c1.[CH2-]c1ccccc1.[CH2-]c1ccccc1.[Zr+2]. The second-order valence-electron chi connectivity index (χ2n) is 23.6. The zero-order chi connectivity index (χ0) is 65.5. The molecular weight excluding hydrogens is 1410 g/mol. The molecule has 19 heteroatoms. The van der Waals surface area contributed by atoms with Crippen LogP contribution in [0.2, 0.25) is 40.2 Å². The van der Waals surface area contributed by atoms with Gasteiger partial charge in [-0.1, -0.05) is 169 Å². The summed E-state index contributed by atoms with van der Waals surface area (Å²) < 4.78 is 15.1. The van der Waals surface area contributed by atoms with E-state index in [-0.39, 0.29) is 72.0 Å². The first-order chi connectivity index (χ1) is 43.8. The maximum absolute atomic E-state index is 11.8. The van der Waals surface area contributed by atoms with Crippen LogP contribution < -0.4 is 0 Å². The number of hydrogen-bond acceptors (Lipinski definition) is 8. The van der Waals surface area contributed by atoms with Gasteiger partial charge in [-0.3, -0.25) is 0 Å². The Morgan fingerprint density at radius 2 is 0.667 bits per heavy atom. The molecular formula is C74H56Cl8N6O4Zr. The molecule has 4 aromatic heterocycles. The van der Waals surface area contributed by atoms with E-state index in [1.165, 1.54) is 0 Å². The van der Waals surface area contributed by atoms with Crippen LogP contribution in [0.3, 0.4) is 0 Å². The smallest absolute Gasteiger partial charge is 0.505 e. The van der Waals surface area contributed by atoms with Crippen molar-refractivity contribution in [2.45, 2.75) is 52.4 Å². The molecule has 2 N–H and O–H groups in total. The van der Waals surface area contributed by atoms with Crippen LogP contribution in [0.5, 0.6) is 11.5 Å². The Morgan fingerprint density at radius 3 is 0.925 bits per heavy atom. The Balaban J connectivity index is 0.000000166. The zero-order valence-corrected chi connectivity index (χ0v) is 59.3. The average Bonchev–Trinajstić information content (AvgIpc) is 1.62. The van der Waals surface area contributed by atoms with E-state index in [4.69, 9.17) is 102 Å². The Labute approximate surface area is 597 Å². The van der Waals surface area contributed by atoms with Crippen LogP contribution in [0.15, 0.2) is 203 Å². The van der Waals surface area contributed by atoms with Crippen molar-refractivity contribution in [3.05, 3.63) is 270 Å². The number of nitrogens with zero attached hydrogens (tertiary/aromatic N) is 6. The Bertz CT molecular complexity index is 4600. The monoisotopic (exact) mass is 1460 g/mol. The molecule has 0 saturated heterocycles. The standard InChI is InChI=1S/2C30H21Cl4N3O2.2C7H7.Zr/c2*1-30(2,3)15-11-20(28-35-29(39-36-28)26-21(33)5-4-6-22(26)34)27(38)25(12-15)37-23-9-7-16(31)13-18(23)19-14-17(32)8-10-24(19)37;2*1-7-5-3-2-4-6-7;/h2*4-14,38H,1-3H3;2*2-6H,1H2;/q;;2*-1;+2. The summed E-state index contributed by atoms with van der Waals surface area (Å²) in [6.07, 6.45) is 0. The van der Waals surface area contributed by atoms with Gasteiger partial charge in [-0.2, -0.15) is 59.2 Å². The molecule has 0 aliphatic carbocycles. The number of aromatic nitrogens is 6. The van der Waals surface area contributed by atoms with Crippen LogP contribution in [-0.4, -0.2) is 39.6 Å². The first-order valence-electron chi connectivity index (χ1n) is 28.7. The van der Waals surface area contributed by atoms with Crippen LogP contribution >= 0.6 is 92.8 Å². The quantitative estimate of drug-likeness (QED) is 0.158. The van der Waals surface area contributed by atoms with Gasteiger partial charge in [0, 0.05) is 41.6 Å². The minimum absolute atomic E-state index is 0. The van der Waals surface area contributed by atoms with Gasteiger partial charge in [-0.25, -0.2) is 0 Å². The number of fused-ring (bicyclic) bond motifs is 6. The summed E-state index contributed by atoms with van der Waals surface area (Å²) in [5.74, 6) is 0.705. The van der Waals surface area contributed by atoms with E-state index >= 15 is 0 Å². The molecule has 0 saturated carbocycles. The molecule has 0 bridgehead atoms. The average molecular weight is 1470 g/mol. The Hall–Kier alpha value is -7.38. The number of halogens is 8. The van der Waals surface area contributed by atoms with Gasteiger partial charge in [-0.05, 0) is 143 Å². The van der Waals surface area contributed by atoms with E-state index < -0.39 is 0 Å². The summed E-state index contributed by atoms with van der Waals surface area (Å²) in [7, 11) is 0. The van der Waals surface area contributed by atoms with Crippen molar-refractivity contribution in [1.82, 2.24) is 29.4 Å². The number of phenolic OH excluding ortho intramolecular Hbond substituents is 2. The van der Waals surface area contributed by atoms with E-state index in [1.807, 2.05) is 167 Å². The summed E-state index contributed by atoms with van der Waals surface area (Å²) in [6, 6.07) is 60.3. The first kappa shape index (κ1) is 68.5. The van der Waals surface area contributed by atoms with Crippen molar-refractivity contribution in [2.75, 3.05) is 0 Å².